The molecule has 1 heterocycles. The quantitative estimate of drug-likeness (QED) is 0.852. The van der Waals surface area contributed by atoms with Crippen LogP contribution in [0.2, 0.25) is 0 Å². The van der Waals surface area contributed by atoms with Crippen LogP contribution in [0.15, 0.2) is 48.5 Å². The highest BCUT2D eigenvalue weighted by atomic mass is 16.5. The van der Waals surface area contributed by atoms with Crippen molar-refractivity contribution in [3.8, 4) is 5.75 Å². The van der Waals surface area contributed by atoms with E-state index in [0.717, 1.165) is 31.1 Å². The van der Waals surface area contributed by atoms with Gasteiger partial charge in [0.2, 0.25) is 0 Å². The zero-order valence-corrected chi connectivity index (χ0v) is 10.9. The highest BCUT2D eigenvalue weighted by Crippen LogP contribution is 2.27. The number of nitrogen functional groups attached to an aromatic ring is 1. The molecule has 0 saturated heterocycles. The van der Waals surface area contributed by atoms with E-state index in [1.807, 2.05) is 42.5 Å². The number of hydrogen-bond acceptors (Lipinski definition) is 3. The van der Waals surface area contributed by atoms with Gasteiger partial charge in [0.15, 0.2) is 0 Å². The van der Waals surface area contributed by atoms with Gasteiger partial charge in [0.05, 0.1) is 0 Å². The Morgan fingerprint density at radius 2 is 1.84 bits per heavy atom. The third-order valence-corrected chi connectivity index (χ3v) is 3.50. The molecule has 0 amide bonds. The van der Waals surface area contributed by atoms with E-state index in [0.29, 0.717) is 6.61 Å². The number of nitrogens with two attached hydrogens (primary N) is 1. The molecule has 3 rings (SSSR count). The summed E-state index contributed by atoms with van der Waals surface area (Å²) in [5, 5.41) is 0. The summed E-state index contributed by atoms with van der Waals surface area (Å²) in [5.74, 6) is 0.929. The van der Waals surface area contributed by atoms with Gasteiger partial charge in [0.1, 0.15) is 12.4 Å². The zero-order chi connectivity index (χ0) is 13.1. The van der Waals surface area contributed by atoms with Crippen molar-refractivity contribution < 1.29 is 4.74 Å². The smallest absolute Gasteiger partial charge is 0.119 e. The van der Waals surface area contributed by atoms with E-state index >= 15 is 0 Å². The number of para-hydroxylation sites is 1. The van der Waals surface area contributed by atoms with Crippen molar-refractivity contribution in [3.63, 3.8) is 0 Å². The molecule has 2 N–H and O–H groups in total. The lowest BCUT2D eigenvalue weighted by Crippen LogP contribution is -2.23. The van der Waals surface area contributed by atoms with Crippen molar-refractivity contribution in [3.05, 3.63) is 59.7 Å². The van der Waals surface area contributed by atoms with Gasteiger partial charge >= 0.3 is 0 Å². The number of rotatable bonds is 4. The lowest BCUT2D eigenvalue weighted by Gasteiger charge is -2.15. The Morgan fingerprint density at radius 3 is 2.63 bits per heavy atom. The predicted octanol–water partition coefficient (Wildman–Crippen LogP) is 2.66. The maximum absolute atomic E-state index is 6.00. The summed E-state index contributed by atoms with van der Waals surface area (Å²) in [4.78, 5) is 2.37. The molecule has 2 aromatic rings. The van der Waals surface area contributed by atoms with Crippen molar-refractivity contribution in [1.29, 1.82) is 0 Å². The van der Waals surface area contributed by atoms with E-state index in [-0.39, 0.29) is 0 Å². The summed E-state index contributed by atoms with van der Waals surface area (Å²) in [6, 6.07) is 16.1. The molecule has 0 radical (unpaired) electrons. The standard InChI is InChI=1S/C16H18N2O/c17-16-8-4-5-13-11-18(12-15(13)16)9-10-19-14-6-2-1-3-7-14/h1-8H,9-12,17H2. The first-order valence-electron chi connectivity index (χ1n) is 6.59. The third kappa shape index (κ3) is 2.71. The minimum Gasteiger partial charge on any atom is -0.492 e. The molecular weight excluding hydrogens is 236 g/mol. The lowest BCUT2D eigenvalue weighted by molar-refractivity contribution is 0.211. The Bertz CT molecular complexity index is 554. The summed E-state index contributed by atoms with van der Waals surface area (Å²) in [6.45, 7) is 3.53. The molecule has 0 atom stereocenters. The second kappa shape index (κ2) is 5.33. The van der Waals surface area contributed by atoms with E-state index in [9.17, 15) is 0 Å². The van der Waals surface area contributed by atoms with Crippen molar-refractivity contribution in [2.24, 2.45) is 0 Å². The number of ether oxygens (including phenoxy) is 1. The Kier molecular flexibility index (Phi) is 3.38. The molecular formula is C16H18N2O. The molecule has 98 valence electrons. The van der Waals surface area contributed by atoms with Gasteiger partial charge in [-0.05, 0) is 29.3 Å². The second-order valence-electron chi connectivity index (χ2n) is 4.86. The fraction of sp³-hybridized carbons (Fsp3) is 0.250. The summed E-state index contributed by atoms with van der Waals surface area (Å²) < 4.78 is 5.72. The Hall–Kier alpha value is -2.00. The van der Waals surface area contributed by atoms with Crippen LogP contribution >= 0.6 is 0 Å². The summed E-state index contributed by atoms with van der Waals surface area (Å²) in [5.41, 5.74) is 9.53. The van der Waals surface area contributed by atoms with Crippen LogP contribution in [0.4, 0.5) is 5.69 Å². The lowest BCUT2D eigenvalue weighted by atomic mass is 10.1. The Balaban J connectivity index is 1.53. The van der Waals surface area contributed by atoms with E-state index in [4.69, 9.17) is 10.5 Å². The highest BCUT2D eigenvalue weighted by Gasteiger charge is 2.20. The van der Waals surface area contributed by atoms with Gasteiger partial charge in [0.25, 0.3) is 0 Å². The molecule has 1 aliphatic rings. The largest absolute Gasteiger partial charge is 0.492 e. The van der Waals surface area contributed by atoms with Crippen molar-refractivity contribution in [2.45, 2.75) is 13.1 Å². The number of fused-ring (bicyclic) bond motifs is 1. The highest BCUT2D eigenvalue weighted by molar-refractivity contribution is 5.52. The SMILES string of the molecule is Nc1cccc2c1CN(CCOc1ccccc1)C2. The maximum Gasteiger partial charge on any atom is 0.119 e. The van der Waals surface area contributed by atoms with Gasteiger partial charge in [-0.25, -0.2) is 0 Å². The summed E-state index contributed by atoms with van der Waals surface area (Å²) >= 11 is 0. The van der Waals surface area contributed by atoms with Crippen molar-refractivity contribution in [2.75, 3.05) is 18.9 Å². The van der Waals surface area contributed by atoms with Gasteiger partial charge < -0.3 is 10.5 Å². The molecule has 0 spiro atoms. The van der Waals surface area contributed by atoms with Crippen LogP contribution in [0.3, 0.4) is 0 Å². The molecule has 0 aliphatic carbocycles. The number of anilines is 1. The van der Waals surface area contributed by atoms with Crippen LogP contribution in [0.1, 0.15) is 11.1 Å². The van der Waals surface area contributed by atoms with E-state index in [2.05, 4.69) is 11.0 Å². The van der Waals surface area contributed by atoms with Gasteiger partial charge in [-0.2, -0.15) is 0 Å². The second-order valence-corrected chi connectivity index (χ2v) is 4.86. The van der Waals surface area contributed by atoms with Crippen LogP contribution < -0.4 is 10.5 Å². The molecule has 0 aromatic heterocycles. The normalized spacial score (nSPS) is 14.3. The van der Waals surface area contributed by atoms with Crippen molar-refractivity contribution in [1.82, 2.24) is 4.90 Å². The molecule has 0 unspecified atom stereocenters. The van der Waals surface area contributed by atoms with Crippen LogP contribution in [0.5, 0.6) is 5.75 Å². The molecule has 3 nitrogen and oxygen atoms in total. The first kappa shape index (κ1) is 12.1. The third-order valence-electron chi connectivity index (χ3n) is 3.50. The van der Waals surface area contributed by atoms with Gasteiger partial charge in [-0.15, -0.1) is 0 Å². The summed E-state index contributed by atoms with van der Waals surface area (Å²) in [6.07, 6.45) is 0. The monoisotopic (exact) mass is 254 g/mol. The first-order chi connectivity index (χ1) is 9.33. The fourth-order valence-electron chi connectivity index (χ4n) is 2.48. The van der Waals surface area contributed by atoms with Gasteiger partial charge in [0, 0.05) is 25.3 Å². The molecule has 19 heavy (non-hydrogen) atoms. The molecule has 0 saturated carbocycles. The number of benzene rings is 2. The fourth-order valence-corrected chi connectivity index (χ4v) is 2.48. The van der Waals surface area contributed by atoms with Gasteiger partial charge in [-0.3, -0.25) is 4.90 Å². The Morgan fingerprint density at radius 1 is 1.00 bits per heavy atom. The topological polar surface area (TPSA) is 38.5 Å². The van der Waals surface area contributed by atoms with Crippen LogP contribution in [-0.2, 0) is 13.1 Å². The Labute approximate surface area is 113 Å². The van der Waals surface area contributed by atoms with E-state index in [1.54, 1.807) is 0 Å². The number of hydrogen-bond donors (Lipinski definition) is 1. The molecule has 0 fully saturated rings. The molecule has 3 heteroatoms. The van der Waals surface area contributed by atoms with Gasteiger partial charge in [-0.1, -0.05) is 30.3 Å². The molecule has 1 aliphatic heterocycles. The van der Waals surface area contributed by atoms with E-state index < -0.39 is 0 Å². The van der Waals surface area contributed by atoms with Crippen LogP contribution in [0, 0.1) is 0 Å². The van der Waals surface area contributed by atoms with Crippen molar-refractivity contribution >= 4 is 5.69 Å². The van der Waals surface area contributed by atoms with Crippen LogP contribution in [-0.4, -0.2) is 18.1 Å². The van der Waals surface area contributed by atoms with Crippen LogP contribution in [0.25, 0.3) is 0 Å². The maximum atomic E-state index is 6.00. The zero-order valence-electron chi connectivity index (χ0n) is 10.9. The molecule has 0 bridgehead atoms. The average Bonchev–Trinajstić information content (AvgIpc) is 2.84. The predicted molar refractivity (Wildman–Crippen MR) is 76.9 cm³/mol. The minimum atomic E-state index is 0.706. The summed E-state index contributed by atoms with van der Waals surface area (Å²) in [7, 11) is 0. The average molecular weight is 254 g/mol. The molecule has 2 aromatic carbocycles. The first-order valence-corrected chi connectivity index (χ1v) is 6.59. The van der Waals surface area contributed by atoms with E-state index in [1.165, 1.54) is 11.1 Å². The minimum absolute atomic E-state index is 0.706. The number of nitrogens with zero attached hydrogens (tertiary/aromatic N) is 1.